The normalized spacial score (nSPS) is 14.4. The fourth-order valence-corrected chi connectivity index (χ4v) is 6.23. The molecule has 48 heavy (non-hydrogen) atoms. The average Bonchev–Trinajstić information content (AvgIpc) is 3.71. The van der Waals surface area contributed by atoms with Crippen LogP contribution in [-0.2, 0) is 32.6 Å². The summed E-state index contributed by atoms with van der Waals surface area (Å²) in [6.07, 6.45) is 3.02. The van der Waals surface area contributed by atoms with Gasteiger partial charge in [-0.05, 0) is 88.3 Å². The molecule has 0 bridgehead atoms. The first-order valence-electron chi connectivity index (χ1n) is 14.2. The van der Waals surface area contributed by atoms with Gasteiger partial charge in [-0.2, -0.15) is 4.68 Å². The second-order valence-electron chi connectivity index (χ2n) is 10.4. The molecule has 0 radical (unpaired) electrons. The Labute approximate surface area is 303 Å². The number of tetrazole rings is 1. The van der Waals surface area contributed by atoms with Crippen molar-refractivity contribution >= 4 is 50.5 Å². The molecule has 2 heterocycles. The third-order valence-corrected chi connectivity index (χ3v) is 9.05. The zero-order chi connectivity index (χ0) is 32.8. The summed E-state index contributed by atoms with van der Waals surface area (Å²) >= 11 is 1.18. The van der Waals surface area contributed by atoms with Crippen molar-refractivity contribution in [1.29, 1.82) is 0 Å². The number of nitrogens with zero attached hydrogens (tertiary/aromatic N) is 6. The van der Waals surface area contributed by atoms with Crippen molar-refractivity contribution in [3.63, 3.8) is 0 Å². The van der Waals surface area contributed by atoms with E-state index in [1.165, 1.54) is 34.9 Å². The molecule has 0 spiro atoms. The minimum Gasteiger partial charge on any atom is -0.541 e. The number of ether oxygens (including phenoxy) is 1. The Hall–Kier alpha value is -4.60. The molecule has 1 aliphatic heterocycles. The van der Waals surface area contributed by atoms with Crippen LogP contribution in [0.2, 0.25) is 0 Å². The number of sulfonamides is 1. The zero-order valence-corrected chi connectivity index (χ0v) is 29.5. The monoisotopic (exact) mass is 687 g/mol. The number of amides is 2. The second kappa shape index (κ2) is 15.5. The number of aryl methyl sites for hydroxylation is 1. The summed E-state index contributed by atoms with van der Waals surface area (Å²) in [6, 6.07) is 28.0. The Morgan fingerprint density at radius 3 is 2.46 bits per heavy atom. The van der Waals surface area contributed by atoms with E-state index >= 15 is 0 Å². The number of aromatic nitrogens is 4. The van der Waals surface area contributed by atoms with Gasteiger partial charge in [0, 0.05) is 6.42 Å². The number of hydrogen-bond donors (Lipinski definition) is 1. The van der Waals surface area contributed by atoms with E-state index in [1.54, 1.807) is 42.5 Å². The number of carbonyl (C=O) groups excluding carboxylic acids is 2. The van der Waals surface area contributed by atoms with Crippen LogP contribution in [0.3, 0.4) is 0 Å². The SMILES string of the molecule is Cc1ccc(S(=O)(=O)[N-]C(=O)Cc2ccc(N=C3NC(=O)C(=Cc4ccc(-n5cnnn5)c(OCc5ccccc5)c4)S3)cc2)cc1.[Na+]. The summed E-state index contributed by atoms with van der Waals surface area (Å²) in [5, 5.41) is 14.6. The van der Waals surface area contributed by atoms with Crippen molar-refractivity contribution in [2.45, 2.75) is 24.8 Å². The number of thioether (sulfide) groups is 1. The summed E-state index contributed by atoms with van der Waals surface area (Å²) in [7, 11) is -4.09. The minimum atomic E-state index is -4.09. The van der Waals surface area contributed by atoms with Gasteiger partial charge in [0.1, 0.15) is 34.4 Å². The Balaban J connectivity index is 0.00000451. The molecule has 1 aliphatic rings. The Kier molecular flexibility index (Phi) is 11.2. The van der Waals surface area contributed by atoms with Gasteiger partial charge in [-0.3, -0.25) is 4.79 Å². The molecule has 1 fully saturated rings. The summed E-state index contributed by atoms with van der Waals surface area (Å²) in [5.74, 6) is -0.548. The van der Waals surface area contributed by atoms with Crippen LogP contribution in [0.4, 0.5) is 5.69 Å². The van der Waals surface area contributed by atoms with E-state index < -0.39 is 15.9 Å². The van der Waals surface area contributed by atoms with Crippen molar-refractivity contribution in [3.8, 4) is 11.4 Å². The maximum Gasteiger partial charge on any atom is 1.00 e. The number of benzene rings is 4. The standard InChI is InChI=1S/C33H27N7O5S2.Na/c1-22-7-14-27(15-8-22)47(43,44)37-31(41)19-23-9-12-26(13-10-23)35-33-36-32(42)30(46-33)18-25-11-16-28(40-21-34-38-39-40)29(17-25)45-20-24-5-3-2-4-6-24;/h2-18,21H,19-20H2,1H3,(H2,35,36,37,41,42);/q;+1/p-1. The molecule has 1 aromatic heterocycles. The topological polar surface area (TPSA) is 160 Å². The third kappa shape index (κ3) is 8.85. The van der Waals surface area contributed by atoms with E-state index in [-0.39, 0.29) is 46.8 Å². The van der Waals surface area contributed by atoms with Crippen LogP contribution in [0.1, 0.15) is 22.3 Å². The van der Waals surface area contributed by atoms with Gasteiger partial charge in [-0.15, -0.1) is 5.10 Å². The first-order chi connectivity index (χ1) is 22.7. The Morgan fingerprint density at radius 2 is 1.75 bits per heavy atom. The van der Waals surface area contributed by atoms with E-state index in [0.717, 1.165) is 16.7 Å². The van der Waals surface area contributed by atoms with Gasteiger partial charge in [0.05, 0.1) is 21.4 Å². The van der Waals surface area contributed by atoms with Crippen molar-refractivity contribution in [1.82, 2.24) is 25.5 Å². The number of aliphatic imine (C=N–C) groups is 1. The van der Waals surface area contributed by atoms with E-state index in [0.29, 0.717) is 39.4 Å². The molecule has 0 atom stereocenters. The van der Waals surface area contributed by atoms with E-state index in [2.05, 4.69) is 30.6 Å². The van der Waals surface area contributed by atoms with Gasteiger partial charge in [-0.25, -0.2) is 13.4 Å². The molecule has 1 N–H and O–H groups in total. The van der Waals surface area contributed by atoms with Gasteiger partial charge >= 0.3 is 29.6 Å². The molecule has 0 saturated carbocycles. The molecular weight excluding hydrogens is 662 g/mol. The fraction of sp³-hybridized carbons (Fsp3) is 0.0909. The number of rotatable bonds is 10. The summed E-state index contributed by atoms with van der Waals surface area (Å²) < 4.78 is 36.0. The molecule has 236 valence electrons. The molecule has 1 saturated heterocycles. The molecular formula is C33H26N7NaO5S2. The van der Waals surface area contributed by atoms with E-state index in [9.17, 15) is 18.0 Å². The molecule has 0 unspecified atom stereocenters. The van der Waals surface area contributed by atoms with Crippen LogP contribution >= 0.6 is 11.8 Å². The Bertz CT molecular complexity index is 2090. The molecule has 6 rings (SSSR count). The number of hydrogen-bond acceptors (Lipinski definition) is 10. The summed E-state index contributed by atoms with van der Waals surface area (Å²) in [4.78, 5) is 30.1. The van der Waals surface area contributed by atoms with Crippen molar-refractivity contribution < 1.29 is 52.3 Å². The van der Waals surface area contributed by atoms with Crippen LogP contribution in [0.5, 0.6) is 5.75 Å². The quantitative estimate of drug-likeness (QED) is 0.172. The molecule has 12 nitrogen and oxygen atoms in total. The van der Waals surface area contributed by atoms with Crippen LogP contribution in [-0.4, -0.2) is 45.6 Å². The maximum absolute atomic E-state index is 12.8. The van der Waals surface area contributed by atoms with Crippen molar-refractivity contribution in [2.24, 2.45) is 4.99 Å². The molecule has 15 heteroatoms. The van der Waals surface area contributed by atoms with Crippen molar-refractivity contribution in [3.05, 3.63) is 135 Å². The smallest absolute Gasteiger partial charge is 0.541 e. The summed E-state index contributed by atoms with van der Waals surface area (Å²) in [5.41, 5.74) is 4.37. The number of carbonyl (C=O) groups is 2. The average molecular weight is 688 g/mol. The van der Waals surface area contributed by atoms with Gasteiger partial charge in [0.2, 0.25) is 0 Å². The van der Waals surface area contributed by atoms with Gasteiger partial charge < -0.3 is 19.6 Å². The number of nitrogens with one attached hydrogen (secondary N) is 1. The third-order valence-electron chi connectivity index (χ3n) is 6.83. The largest absolute Gasteiger partial charge is 1.00 e. The predicted octanol–water partition coefficient (Wildman–Crippen LogP) is 2.28. The molecule has 4 aromatic carbocycles. The van der Waals surface area contributed by atoms with Crippen LogP contribution in [0, 0.1) is 6.92 Å². The second-order valence-corrected chi connectivity index (χ2v) is 13.0. The summed E-state index contributed by atoms with van der Waals surface area (Å²) in [6.45, 7) is 2.16. The van der Waals surface area contributed by atoms with Crippen LogP contribution < -0.4 is 39.6 Å². The van der Waals surface area contributed by atoms with Crippen LogP contribution in [0.15, 0.2) is 118 Å². The molecule has 2 amide bonds. The van der Waals surface area contributed by atoms with E-state index in [4.69, 9.17) is 4.74 Å². The zero-order valence-electron chi connectivity index (χ0n) is 25.8. The van der Waals surface area contributed by atoms with E-state index in [1.807, 2.05) is 55.5 Å². The first kappa shape index (κ1) is 34.7. The Morgan fingerprint density at radius 1 is 1.00 bits per heavy atom. The predicted molar refractivity (Wildman–Crippen MR) is 178 cm³/mol. The molecule has 0 aliphatic carbocycles. The number of amidine groups is 1. The molecule has 5 aromatic rings. The van der Waals surface area contributed by atoms with Gasteiger partial charge in [-0.1, -0.05) is 66.2 Å². The van der Waals surface area contributed by atoms with Crippen molar-refractivity contribution in [2.75, 3.05) is 0 Å². The van der Waals surface area contributed by atoms with Crippen LogP contribution in [0.25, 0.3) is 16.5 Å². The fourth-order valence-electron chi connectivity index (χ4n) is 4.47. The van der Waals surface area contributed by atoms with Gasteiger partial charge in [0.25, 0.3) is 5.91 Å². The first-order valence-corrected chi connectivity index (χ1v) is 16.5. The minimum absolute atomic E-state index is 0. The maximum atomic E-state index is 12.8. The van der Waals surface area contributed by atoms with Gasteiger partial charge in [0.15, 0.2) is 5.17 Å².